The Morgan fingerprint density at radius 2 is 2.18 bits per heavy atom. The molecule has 1 aliphatic rings. The van der Waals surface area contributed by atoms with Crippen LogP contribution in [0.3, 0.4) is 0 Å². The summed E-state index contributed by atoms with van der Waals surface area (Å²) in [5.74, 6) is -0.233. The number of benzene rings is 1. The summed E-state index contributed by atoms with van der Waals surface area (Å²) in [4.78, 5) is 0. The van der Waals surface area contributed by atoms with Crippen molar-refractivity contribution in [3.63, 3.8) is 0 Å². The average molecular weight is 324 g/mol. The van der Waals surface area contributed by atoms with Gasteiger partial charge in [0.1, 0.15) is 17.7 Å². The van der Waals surface area contributed by atoms with Crippen molar-refractivity contribution in [2.45, 2.75) is 12.5 Å². The third-order valence-electron chi connectivity index (χ3n) is 2.54. The van der Waals surface area contributed by atoms with Crippen molar-refractivity contribution in [2.24, 2.45) is 0 Å². The van der Waals surface area contributed by atoms with Crippen molar-refractivity contribution >= 4 is 31.5 Å². The molecule has 0 bridgehead atoms. The summed E-state index contributed by atoms with van der Waals surface area (Å²) >= 11 is 3.00. The number of anilines is 1. The van der Waals surface area contributed by atoms with Crippen LogP contribution in [0.4, 0.5) is 10.1 Å². The minimum atomic E-state index is -3.02. The van der Waals surface area contributed by atoms with E-state index in [4.69, 9.17) is 10.5 Å². The van der Waals surface area contributed by atoms with E-state index in [-0.39, 0.29) is 27.4 Å². The van der Waals surface area contributed by atoms with E-state index < -0.39 is 21.8 Å². The predicted octanol–water partition coefficient (Wildman–Crippen LogP) is 1.74. The van der Waals surface area contributed by atoms with Gasteiger partial charge < -0.3 is 10.5 Å². The molecule has 94 valence electrons. The lowest BCUT2D eigenvalue weighted by Gasteiger charge is -2.14. The molecule has 1 saturated heterocycles. The first-order valence-electron chi connectivity index (χ1n) is 4.99. The normalized spacial score (nSPS) is 22.6. The fraction of sp³-hybridized carbons (Fsp3) is 0.400. The molecule has 0 aromatic heterocycles. The van der Waals surface area contributed by atoms with Crippen LogP contribution in [0.15, 0.2) is 16.6 Å². The number of hydrogen-bond acceptors (Lipinski definition) is 4. The quantitative estimate of drug-likeness (QED) is 0.842. The minimum Gasteiger partial charge on any atom is -0.487 e. The molecule has 2 rings (SSSR count). The lowest BCUT2D eigenvalue weighted by atomic mass is 10.2. The molecule has 0 aliphatic carbocycles. The van der Waals surface area contributed by atoms with E-state index in [0.717, 1.165) is 6.07 Å². The standard InChI is InChI=1S/C10H11BrFNO3S/c11-7-3-9(13)10(4-8(7)12)16-6-1-2-17(14,15)5-6/h3-4,6H,1-2,5,13H2. The van der Waals surface area contributed by atoms with E-state index in [1.54, 1.807) is 0 Å². The minimum absolute atomic E-state index is 0.0376. The zero-order chi connectivity index (χ0) is 12.6. The van der Waals surface area contributed by atoms with E-state index >= 15 is 0 Å². The summed E-state index contributed by atoms with van der Waals surface area (Å²) in [6, 6.07) is 2.55. The maximum absolute atomic E-state index is 13.3. The van der Waals surface area contributed by atoms with E-state index in [2.05, 4.69) is 15.9 Å². The largest absolute Gasteiger partial charge is 0.487 e. The van der Waals surface area contributed by atoms with E-state index in [0.29, 0.717) is 6.42 Å². The highest BCUT2D eigenvalue weighted by atomic mass is 79.9. The maximum atomic E-state index is 13.3. The molecule has 0 saturated carbocycles. The smallest absolute Gasteiger partial charge is 0.154 e. The highest BCUT2D eigenvalue weighted by Gasteiger charge is 2.29. The van der Waals surface area contributed by atoms with E-state index in [1.165, 1.54) is 6.07 Å². The van der Waals surface area contributed by atoms with Crippen LogP contribution in [0.5, 0.6) is 5.75 Å². The summed E-state index contributed by atoms with van der Waals surface area (Å²) in [5.41, 5.74) is 5.95. The Bertz CT molecular complexity index is 547. The van der Waals surface area contributed by atoms with Crippen molar-refractivity contribution in [3.8, 4) is 5.75 Å². The molecule has 4 nitrogen and oxygen atoms in total. The Hall–Kier alpha value is -0.820. The first kappa shape index (κ1) is 12.6. The summed E-state index contributed by atoms with van der Waals surface area (Å²) in [7, 11) is -3.02. The molecule has 0 amide bonds. The Balaban J connectivity index is 2.17. The summed E-state index contributed by atoms with van der Waals surface area (Å²) < 4.78 is 41.4. The average Bonchev–Trinajstić information content (AvgIpc) is 2.54. The van der Waals surface area contributed by atoms with Gasteiger partial charge in [0.2, 0.25) is 0 Å². The second-order valence-electron chi connectivity index (χ2n) is 3.95. The fourth-order valence-corrected chi connectivity index (χ4v) is 3.63. The van der Waals surface area contributed by atoms with Crippen LogP contribution in [-0.2, 0) is 9.84 Å². The van der Waals surface area contributed by atoms with Crippen molar-refractivity contribution in [1.82, 2.24) is 0 Å². The molecule has 0 spiro atoms. The second kappa shape index (κ2) is 4.45. The first-order valence-corrected chi connectivity index (χ1v) is 7.60. The van der Waals surface area contributed by atoms with Crippen LogP contribution in [0.2, 0.25) is 0 Å². The van der Waals surface area contributed by atoms with Gasteiger partial charge >= 0.3 is 0 Å². The predicted molar refractivity (Wildman–Crippen MR) is 66.2 cm³/mol. The van der Waals surface area contributed by atoms with Crippen LogP contribution in [0.1, 0.15) is 6.42 Å². The van der Waals surface area contributed by atoms with Crippen molar-refractivity contribution in [3.05, 3.63) is 22.4 Å². The number of nitrogens with two attached hydrogens (primary N) is 1. The Morgan fingerprint density at radius 3 is 2.76 bits per heavy atom. The molecule has 1 aromatic rings. The van der Waals surface area contributed by atoms with Gasteiger partial charge in [0.25, 0.3) is 0 Å². The number of halogens is 2. The molecule has 1 atom stereocenters. The SMILES string of the molecule is Nc1cc(Br)c(F)cc1OC1CCS(=O)(=O)C1. The molecule has 1 fully saturated rings. The van der Waals surface area contributed by atoms with Gasteiger partial charge in [-0.3, -0.25) is 0 Å². The molecule has 1 aliphatic heterocycles. The van der Waals surface area contributed by atoms with Gasteiger partial charge in [-0.05, 0) is 28.4 Å². The molecule has 2 N–H and O–H groups in total. The Labute approximate surface area is 107 Å². The molecule has 17 heavy (non-hydrogen) atoms. The van der Waals surface area contributed by atoms with E-state index in [9.17, 15) is 12.8 Å². The third kappa shape index (κ3) is 2.90. The van der Waals surface area contributed by atoms with Gasteiger partial charge in [-0.2, -0.15) is 0 Å². The summed E-state index contributed by atoms with van der Waals surface area (Å²) in [6.07, 6.45) is -0.0257. The van der Waals surface area contributed by atoms with Gasteiger partial charge in [0.15, 0.2) is 9.84 Å². The van der Waals surface area contributed by atoms with E-state index in [1.807, 2.05) is 0 Å². The van der Waals surface area contributed by atoms with Crippen LogP contribution < -0.4 is 10.5 Å². The molecule has 1 unspecified atom stereocenters. The molecular formula is C10H11BrFNO3S. The zero-order valence-corrected chi connectivity index (χ0v) is 11.2. The van der Waals surface area contributed by atoms with Crippen LogP contribution in [-0.4, -0.2) is 26.0 Å². The maximum Gasteiger partial charge on any atom is 0.154 e. The number of rotatable bonds is 2. The molecular weight excluding hydrogens is 313 g/mol. The summed E-state index contributed by atoms with van der Waals surface area (Å²) in [5, 5.41) is 0. The highest BCUT2D eigenvalue weighted by molar-refractivity contribution is 9.10. The summed E-state index contributed by atoms with van der Waals surface area (Å²) in [6.45, 7) is 0. The number of hydrogen-bond donors (Lipinski definition) is 1. The van der Waals surface area contributed by atoms with Crippen LogP contribution in [0, 0.1) is 5.82 Å². The molecule has 7 heteroatoms. The van der Waals surface area contributed by atoms with Gasteiger partial charge in [0, 0.05) is 6.07 Å². The highest BCUT2D eigenvalue weighted by Crippen LogP contribution is 2.30. The third-order valence-corrected chi connectivity index (χ3v) is 4.88. The number of sulfone groups is 1. The van der Waals surface area contributed by atoms with Crippen LogP contribution >= 0.6 is 15.9 Å². The Morgan fingerprint density at radius 1 is 1.47 bits per heavy atom. The zero-order valence-electron chi connectivity index (χ0n) is 8.82. The monoisotopic (exact) mass is 323 g/mol. The van der Waals surface area contributed by atoms with Crippen molar-refractivity contribution in [1.29, 1.82) is 0 Å². The topological polar surface area (TPSA) is 69.4 Å². The molecule has 1 aromatic carbocycles. The van der Waals surface area contributed by atoms with Crippen molar-refractivity contribution < 1.29 is 17.5 Å². The van der Waals surface area contributed by atoms with Gasteiger partial charge in [-0.25, -0.2) is 12.8 Å². The van der Waals surface area contributed by atoms with Gasteiger partial charge in [-0.15, -0.1) is 0 Å². The molecule has 1 heterocycles. The lowest BCUT2D eigenvalue weighted by Crippen LogP contribution is -2.18. The van der Waals surface area contributed by atoms with Gasteiger partial charge in [-0.1, -0.05) is 0 Å². The first-order chi connectivity index (χ1) is 7.87. The lowest BCUT2D eigenvalue weighted by molar-refractivity contribution is 0.229. The number of ether oxygens (including phenoxy) is 1. The van der Waals surface area contributed by atoms with Crippen LogP contribution in [0.25, 0.3) is 0 Å². The van der Waals surface area contributed by atoms with Gasteiger partial charge in [0.05, 0.1) is 21.7 Å². The Kier molecular flexibility index (Phi) is 3.31. The fourth-order valence-electron chi connectivity index (χ4n) is 1.68. The number of nitrogen functional groups attached to an aromatic ring is 1. The van der Waals surface area contributed by atoms with Crippen molar-refractivity contribution in [2.75, 3.05) is 17.2 Å². The molecule has 0 radical (unpaired) electrons. The second-order valence-corrected chi connectivity index (χ2v) is 7.03.